The molecule has 0 aliphatic heterocycles. The highest BCUT2D eigenvalue weighted by Crippen LogP contribution is 2.16. The summed E-state index contributed by atoms with van der Waals surface area (Å²) in [6.07, 6.45) is 8.18. The van der Waals surface area contributed by atoms with Gasteiger partial charge in [-0.05, 0) is 37.1 Å². The molecule has 19 heavy (non-hydrogen) atoms. The van der Waals surface area contributed by atoms with Gasteiger partial charge in [0.25, 0.3) is 0 Å². The molecular formula is C15H22N4. The molecule has 0 amide bonds. The average molecular weight is 258 g/mol. The van der Waals surface area contributed by atoms with Crippen LogP contribution in [0.3, 0.4) is 0 Å². The molecule has 1 aromatic heterocycles. The molecule has 4 heteroatoms. The molecular weight excluding hydrogens is 236 g/mol. The summed E-state index contributed by atoms with van der Waals surface area (Å²) in [5.41, 5.74) is 2.21. The van der Waals surface area contributed by atoms with Gasteiger partial charge in [0.15, 0.2) is 0 Å². The first kappa shape index (κ1) is 13.6. The molecule has 1 aromatic carbocycles. The van der Waals surface area contributed by atoms with E-state index in [0.717, 1.165) is 12.1 Å². The minimum atomic E-state index is 0.567. The Morgan fingerprint density at radius 3 is 2.58 bits per heavy atom. The second-order valence-corrected chi connectivity index (χ2v) is 4.78. The highest BCUT2D eigenvalue weighted by atomic mass is 15.3. The van der Waals surface area contributed by atoms with Gasteiger partial charge < -0.3 is 5.32 Å². The summed E-state index contributed by atoms with van der Waals surface area (Å²) < 4.78 is 1.76. The summed E-state index contributed by atoms with van der Waals surface area (Å²) in [6.45, 7) is 4.47. The van der Waals surface area contributed by atoms with E-state index in [0.29, 0.717) is 6.04 Å². The van der Waals surface area contributed by atoms with Crippen LogP contribution in [0.5, 0.6) is 0 Å². The van der Waals surface area contributed by atoms with Gasteiger partial charge >= 0.3 is 0 Å². The number of rotatable bonds is 7. The van der Waals surface area contributed by atoms with Crippen LogP contribution in [-0.4, -0.2) is 20.8 Å². The first-order valence-electron chi connectivity index (χ1n) is 7.05. The average Bonchev–Trinajstić information content (AvgIpc) is 2.98. The fourth-order valence-corrected chi connectivity index (χ4v) is 2.12. The monoisotopic (exact) mass is 258 g/mol. The van der Waals surface area contributed by atoms with Gasteiger partial charge in [-0.15, -0.1) is 0 Å². The van der Waals surface area contributed by atoms with E-state index in [1.807, 2.05) is 0 Å². The third-order valence-corrected chi connectivity index (χ3v) is 3.32. The molecule has 1 heterocycles. The molecule has 2 aromatic rings. The summed E-state index contributed by atoms with van der Waals surface area (Å²) in [4.78, 5) is 3.95. The van der Waals surface area contributed by atoms with Crippen LogP contribution in [0, 0.1) is 0 Å². The predicted octanol–water partition coefficient (Wildman–Crippen LogP) is 3.65. The summed E-state index contributed by atoms with van der Waals surface area (Å²) in [5.74, 6) is 0. The summed E-state index contributed by atoms with van der Waals surface area (Å²) in [6, 6.07) is 8.89. The van der Waals surface area contributed by atoms with Gasteiger partial charge in [0, 0.05) is 11.7 Å². The van der Waals surface area contributed by atoms with Gasteiger partial charge in [-0.3, -0.25) is 0 Å². The quantitative estimate of drug-likeness (QED) is 0.824. The number of aromatic nitrogens is 3. The van der Waals surface area contributed by atoms with Crippen molar-refractivity contribution in [2.45, 2.75) is 45.6 Å². The summed E-state index contributed by atoms with van der Waals surface area (Å²) in [7, 11) is 0. The van der Waals surface area contributed by atoms with E-state index in [4.69, 9.17) is 0 Å². The fourth-order valence-electron chi connectivity index (χ4n) is 2.12. The fraction of sp³-hybridized carbons (Fsp3) is 0.467. The lowest BCUT2D eigenvalue weighted by Gasteiger charge is -2.18. The zero-order chi connectivity index (χ0) is 13.5. The van der Waals surface area contributed by atoms with E-state index >= 15 is 0 Å². The molecule has 1 atom stereocenters. The Balaban J connectivity index is 1.98. The topological polar surface area (TPSA) is 42.7 Å². The van der Waals surface area contributed by atoms with Gasteiger partial charge in [0.05, 0.1) is 5.69 Å². The number of nitrogens with one attached hydrogen (secondary N) is 1. The number of benzene rings is 1. The van der Waals surface area contributed by atoms with E-state index < -0.39 is 0 Å². The van der Waals surface area contributed by atoms with Crippen LogP contribution in [0.2, 0.25) is 0 Å². The van der Waals surface area contributed by atoms with Crippen molar-refractivity contribution in [1.29, 1.82) is 0 Å². The van der Waals surface area contributed by atoms with Gasteiger partial charge in [0.1, 0.15) is 12.7 Å². The molecule has 1 N–H and O–H groups in total. The minimum Gasteiger partial charge on any atom is -0.382 e. The molecule has 0 radical (unpaired) electrons. The Hall–Kier alpha value is -1.84. The Morgan fingerprint density at radius 2 is 2.00 bits per heavy atom. The number of anilines is 1. The van der Waals surface area contributed by atoms with Crippen LogP contribution in [0.4, 0.5) is 5.69 Å². The van der Waals surface area contributed by atoms with Crippen LogP contribution in [0.15, 0.2) is 36.9 Å². The molecule has 2 rings (SSSR count). The first-order chi connectivity index (χ1) is 9.33. The zero-order valence-electron chi connectivity index (χ0n) is 11.7. The second kappa shape index (κ2) is 6.92. The van der Waals surface area contributed by atoms with Crippen molar-refractivity contribution >= 4 is 5.69 Å². The number of hydrogen-bond acceptors (Lipinski definition) is 3. The molecule has 102 valence electrons. The van der Waals surface area contributed by atoms with Crippen LogP contribution in [-0.2, 0) is 0 Å². The lowest BCUT2D eigenvalue weighted by molar-refractivity contribution is 0.593. The van der Waals surface area contributed by atoms with E-state index in [9.17, 15) is 0 Å². The van der Waals surface area contributed by atoms with Crippen molar-refractivity contribution in [1.82, 2.24) is 14.8 Å². The molecule has 0 fully saturated rings. The van der Waals surface area contributed by atoms with Crippen LogP contribution >= 0.6 is 0 Å². The summed E-state index contributed by atoms with van der Waals surface area (Å²) >= 11 is 0. The molecule has 0 spiro atoms. The van der Waals surface area contributed by atoms with Crippen LogP contribution in [0.1, 0.15) is 39.5 Å². The number of unbranched alkanes of at least 4 members (excludes halogenated alkanes) is 1. The predicted molar refractivity (Wildman–Crippen MR) is 78.6 cm³/mol. The van der Waals surface area contributed by atoms with Gasteiger partial charge in [0.2, 0.25) is 0 Å². The van der Waals surface area contributed by atoms with Crippen LogP contribution < -0.4 is 5.32 Å². The largest absolute Gasteiger partial charge is 0.382 e. The molecule has 0 aliphatic carbocycles. The van der Waals surface area contributed by atoms with Crippen molar-refractivity contribution in [2.24, 2.45) is 0 Å². The molecule has 0 bridgehead atoms. The highest BCUT2D eigenvalue weighted by Gasteiger charge is 2.05. The van der Waals surface area contributed by atoms with Gasteiger partial charge in [-0.25, -0.2) is 9.67 Å². The maximum atomic E-state index is 4.12. The lowest BCUT2D eigenvalue weighted by atomic mass is 10.1. The van der Waals surface area contributed by atoms with Gasteiger partial charge in [-0.1, -0.05) is 26.7 Å². The van der Waals surface area contributed by atoms with E-state index in [-0.39, 0.29) is 0 Å². The van der Waals surface area contributed by atoms with Crippen molar-refractivity contribution < 1.29 is 0 Å². The Labute approximate surface area is 114 Å². The normalized spacial score (nSPS) is 12.3. The van der Waals surface area contributed by atoms with Crippen molar-refractivity contribution in [3.8, 4) is 5.69 Å². The molecule has 0 aliphatic rings. The maximum absolute atomic E-state index is 4.12. The smallest absolute Gasteiger partial charge is 0.138 e. The second-order valence-electron chi connectivity index (χ2n) is 4.78. The van der Waals surface area contributed by atoms with Crippen molar-refractivity contribution in [3.63, 3.8) is 0 Å². The zero-order valence-corrected chi connectivity index (χ0v) is 11.7. The molecule has 4 nitrogen and oxygen atoms in total. The van der Waals surface area contributed by atoms with Crippen LogP contribution in [0.25, 0.3) is 5.69 Å². The Morgan fingerprint density at radius 1 is 1.21 bits per heavy atom. The lowest BCUT2D eigenvalue weighted by Crippen LogP contribution is -2.18. The van der Waals surface area contributed by atoms with E-state index in [1.165, 1.54) is 24.9 Å². The molecule has 1 unspecified atom stereocenters. The number of hydrogen-bond donors (Lipinski definition) is 1. The minimum absolute atomic E-state index is 0.567. The number of nitrogens with zero attached hydrogens (tertiary/aromatic N) is 3. The Kier molecular flexibility index (Phi) is 4.95. The standard InChI is InChI=1S/C15H22N4/c1-3-5-6-13(4-2)18-14-7-9-15(10-8-14)19-12-16-11-17-19/h7-13,18H,3-6H2,1-2H3. The summed E-state index contributed by atoms with van der Waals surface area (Å²) in [5, 5.41) is 7.71. The third-order valence-electron chi connectivity index (χ3n) is 3.32. The molecule has 0 saturated carbocycles. The van der Waals surface area contributed by atoms with Gasteiger partial charge in [-0.2, -0.15) is 5.10 Å². The first-order valence-corrected chi connectivity index (χ1v) is 7.05. The Bertz CT molecular complexity index is 461. The highest BCUT2D eigenvalue weighted by molar-refractivity contribution is 5.48. The van der Waals surface area contributed by atoms with Crippen molar-refractivity contribution in [2.75, 3.05) is 5.32 Å². The maximum Gasteiger partial charge on any atom is 0.138 e. The van der Waals surface area contributed by atoms with E-state index in [2.05, 4.69) is 53.5 Å². The third kappa shape index (κ3) is 3.81. The molecule has 0 saturated heterocycles. The SMILES string of the molecule is CCCCC(CC)Nc1ccc(-n2cncn2)cc1. The van der Waals surface area contributed by atoms with Crippen molar-refractivity contribution in [3.05, 3.63) is 36.9 Å². The van der Waals surface area contributed by atoms with E-state index in [1.54, 1.807) is 17.3 Å².